The quantitative estimate of drug-likeness (QED) is 0.776. The van der Waals surface area contributed by atoms with E-state index in [0.717, 1.165) is 6.42 Å². The van der Waals surface area contributed by atoms with E-state index in [1.807, 2.05) is 6.92 Å². The van der Waals surface area contributed by atoms with Gasteiger partial charge in [0.15, 0.2) is 0 Å². The first-order chi connectivity index (χ1) is 5.77. The monoisotopic (exact) mass is 262 g/mol. The SMILES string of the molecule is C1CCCCC1.CCCC(=O)O.[H-].[H-].[Sr+2]. The van der Waals surface area contributed by atoms with Crippen molar-refractivity contribution in [3.05, 3.63) is 0 Å². The summed E-state index contributed by atoms with van der Waals surface area (Å²) in [4.78, 5) is 9.60. The molecule has 0 saturated heterocycles. The fourth-order valence-electron chi connectivity index (χ4n) is 1.27. The van der Waals surface area contributed by atoms with Gasteiger partial charge in [-0.25, -0.2) is 0 Å². The third-order valence-corrected chi connectivity index (χ3v) is 1.96. The van der Waals surface area contributed by atoms with Gasteiger partial charge in [-0.2, -0.15) is 0 Å². The Bertz CT molecular complexity index is 108. The number of hydrogen-bond acceptors (Lipinski definition) is 1. The molecule has 1 N–H and O–H groups in total. The summed E-state index contributed by atoms with van der Waals surface area (Å²) >= 11 is 0. The van der Waals surface area contributed by atoms with Gasteiger partial charge in [0.25, 0.3) is 0 Å². The van der Waals surface area contributed by atoms with Gasteiger partial charge in [0.2, 0.25) is 0 Å². The molecule has 1 rings (SSSR count). The Kier molecular flexibility index (Phi) is 16.3. The molecule has 0 aromatic rings. The number of hydrogen-bond donors (Lipinski definition) is 1. The minimum absolute atomic E-state index is 0. The Balaban J connectivity index is -0.0000000672. The van der Waals surface area contributed by atoms with Gasteiger partial charge in [0.05, 0.1) is 0 Å². The third kappa shape index (κ3) is 15.7. The summed E-state index contributed by atoms with van der Waals surface area (Å²) in [5, 5.41) is 7.91. The zero-order valence-corrected chi connectivity index (χ0v) is 12.2. The standard InChI is InChI=1S/C6H12.C4H8O2.Sr.2H/c1-2-4-6-5-3-1;1-2-3-4(5)6;;;/h1-6H2;2-3H2,1H3,(H,5,6);;;/q;;+2;2*-1. The van der Waals surface area contributed by atoms with E-state index < -0.39 is 5.97 Å². The van der Waals surface area contributed by atoms with Crippen LogP contribution >= 0.6 is 0 Å². The fraction of sp³-hybridized carbons (Fsp3) is 0.900. The molecule has 13 heavy (non-hydrogen) atoms. The van der Waals surface area contributed by atoms with E-state index in [1.54, 1.807) is 0 Å². The van der Waals surface area contributed by atoms with E-state index in [4.69, 9.17) is 5.11 Å². The Labute approximate surface area is 121 Å². The zero-order chi connectivity index (χ0) is 9.23. The first-order valence-corrected chi connectivity index (χ1v) is 4.99. The maximum absolute atomic E-state index is 9.60. The maximum atomic E-state index is 9.60. The first kappa shape index (κ1) is 16.4. The van der Waals surface area contributed by atoms with Gasteiger partial charge in [-0.1, -0.05) is 45.4 Å². The molecule has 0 spiro atoms. The molecule has 0 aliphatic heterocycles. The van der Waals surface area contributed by atoms with E-state index in [2.05, 4.69) is 0 Å². The van der Waals surface area contributed by atoms with E-state index in [9.17, 15) is 4.79 Å². The number of carboxylic acid groups (broad SMARTS) is 1. The summed E-state index contributed by atoms with van der Waals surface area (Å²) in [7, 11) is 0. The van der Waals surface area contributed by atoms with Crippen LogP contribution in [0.4, 0.5) is 0 Å². The van der Waals surface area contributed by atoms with Gasteiger partial charge in [-0.3, -0.25) is 4.79 Å². The molecule has 3 heteroatoms. The molecular formula is C10H22O2Sr. The largest absolute Gasteiger partial charge is 2.00 e. The molecule has 0 bridgehead atoms. The second kappa shape index (κ2) is 13.0. The second-order valence-corrected chi connectivity index (χ2v) is 3.27. The van der Waals surface area contributed by atoms with E-state index in [0.29, 0.717) is 6.42 Å². The average molecular weight is 262 g/mol. The van der Waals surface area contributed by atoms with Gasteiger partial charge >= 0.3 is 51.5 Å². The Morgan fingerprint density at radius 2 is 1.46 bits per heavy atom. The fourth-order valence-corrected chi connectivity index (χ4v) is 1.27. The van der Waals surface area contributed by atoms with Crippen LogP contribution in [0.3, 0.4) is 0 Å². The molecule has 0 atom stereocenters. The molecule has 1 aliphatic rings. The predicted octanol–water partition coefficient (Wildman–Crippen LogP) is 3.06. The summed E-state index contributed by atoms with van der Waals surface area (Å²) in [6.45, 7) is 1.84. The van der Waals surface area contributed by atoms with E-state index >= 15 is 0 Å². The van der Waals surface area contributed by atoms with Gasteiger partial charge in [0, 0.05) is 6.42 Å². The van der Waals surface area contributed by atoms with Crippen molar-refractivity contribution in [1.82, 2.24) is 0 Å². The van der Waals surface area contributed by atoms with Crippen molar-refractivity contribution in [2.24, 2.45) is 0 Å². The van der Waals surface area contributed by atoms with Crippen LogP contribution in [0.1, 0.15) is 61.1 Å². The summed E-state index contributed by atoms with van der Waals surface area (Å²) in [6, 6.07) is 0. The second-order valence-electron chi connectivity index (χ2n) is 3.27. The normalized spacial score (nSPS) is 14.8. The van der Waals surface area contributed by atoms with Crippen molar-refractivity contribution in [3.63, 3.8) is 0 Å². The van der Waals surface area contributed by atoms with Crippen molar-refractivity contribution in [2.75, 3.05) is 0 Å². The van der Waals surface area contributed by atoms with Crippen LogP contribution in [-0.4, -0.2) is 56.6 Å². The molecule has 0 aromatic heterocycles. The molecule has 0 heterocycles. The van der Waals surface area contributed by atoms with Crippen LogP contribution in [0.5, 0.6) is 0 Å². The predicted molar refractivity (Wildman–Crippen MR) is 58.2 cm³/mol. The van der Waals surface area contributed by atoms with Gasteiger partial charge < -0.3 is 7.96 Å². The van der Waals surface area contributed by atoms with Crippen LogP contribution in [-0.2, 0) is 4.79 Å². The van der Waals surface area contributed by atoms with Crippen LogP contribution in [0.15, 0.2) is 0 Å². The zero-order valence-electron chi connectivity index (χ0n) is 10.7. The molecule has 0 aromatic carbocycles. The van der Waals surface area contributed by atoms with E-state index in [-0.39, 0.29) is 48.3 Å². The molecule has 0 radical (unpaired) electrons. The maximum Gasteiger partial charge on any atom is 2.00 e. The van der Waals surface area contributed by atoms with Crippen LogP contribution in [0, 0.1) is 0 Å². The minimum atomic E-state index is -0.711. The minimum Gasteiger partial charge on any atom is -1.00 e. The Hall–Kier alpha value is 0.951. The molecular weight excluding hydrogens is 240 g/mol. The van der Waals surface area contributed by atoms with Crippen LogP contribution in [0.25, 0.3) is 0 Å². The Morgan fingerprint density at radius 3 is 1.54 bits per heavy atom. The molecule has 0 unspecified atom stereocenters. The molecule has 2 nitrogen and oxygen atoms in total. The molecule has 1 aliphatic carbocycles. The van der Waals surface area contributed by atoms with Crippen molar-refractivity contribution in [1.29, 1.82) is 0 Å². The number of carboxylic acids is 1. The molecule has 0 amide bonds. The van der Waals surface area contributed by atoms with Crippen molar-refractivity contribution in [2.45, 2.75) is 58.3 Å². The van der Waals surface area contributed by atoms with Crippen LogP contribution in [0.2, 0.25) is 0 Å². The van der Waals surface area contributed by atoms with Crippen molar-refractivity contribution < 1.29 is 12.8 Å². The summed E-state index contributed by atoms with van der Waals surface area (Å²) in [5.41, 5.74) is 0. The molecule has 76 valence electrons. The Morgan fingerprint density at radius 1 is 1.15 bits per heavy atom. The molecule has 1 saturated carbocycles. The van der Waals surface area contributed by atoms with Crippen molar-refractivity contribution >= 4 is 51.5 Å². The summed E-state index contributed by atoms with van der Waals surface area (Å²) < 4.78 is 0. The topological polar surface area (TPSA) is 37.3 Å². The summed E-state index contributed by atoms with van der Waals surface area (Å²) in [6.07, 6.45) is 10.0. The van der Waals surface area contributed by atoms with E-state index in [1.165, 1.54) is 38.5 Å². The molecule has 1 fully saturated rings. The van der Waals surface area contributed by atoms with Gasteiger partial charge in [0.1, 0.15) is 0 Å². The summed E-state index contributed by atoms with van der Waals surface area (Å²) in [5.74, 6) is -0.711. The van der Waals surface area contributed by atoms with Crippen LogP contribution < -0.4 is 0 Å². The van der Waals surface area contributed by atoms with Crippen molar-refractivity contribution in [3.8, 4) is 0 Å². The number of aliphatic carboxylic acids is 1. The number of carbonyl (C=O) groups is 1. The van der Waals surface area contributed by atoms with Gasteiger partial charge in [-0.05, 0) is 6.42 Å². The van der Waals surface area contributed by atoms with Gasteiger partial charge in [-0.15, -0.1) is 0 Å². The average Bonchev–Trinajstić information content (AvgIpc) is 2.08. The third-order valence-electron chi connectivity index (χ3n) is 1.96. The smallest absolute Gasteiger partial charge is 1.00 e. The first-order valence-electron chi connectivity index (χ1n) is 4.99. The number of rotatable bonds is 2.